The van der Waals surface area contributed by atoms with Crippen molar-refractivity contribution in [3.05, 3.63) is 11.9 Å². The van der Waals surface area contributed by atoms with E-state index < -0.39 is 5.60 Å². The molecule has 1 saturated heterocycles. The highest BCUT2D eigenvalue weighted by molar-refractivity contribution is 5.98. The van der Waals surface area contributed by atoms with Crippen molar-refractivity contribution in [3.8, 4) is 5.75 Å². The number of hydrogen-bond donors (Lipinski definition) is 1. The Morgan fingerprint density at radius 1 is 1.55 bits per heavy atom. The minimum absolute atomic E-state index is 0.0216. The molecule has 7 nitrogen and oxygen atoms in total. The maximum atomic E-state index is 12.1. The van der Waals surface area contributed by atoms with Crippen molar-refractivity contribution in [2.45, 2.75) is 31.8 Å². The second-order valence-corrected chi connectivity index (χ2v) is 5.18. The van der Waals surface area contributed by atoms with Crippen molar-refractivity contribution in [3.63, 3.8) is 0 Å². The van der Waals surface area contributed by atoms with E-state index in [2.05, 4.69) is 10.2 Å². The average Bonchev–Trinajstić information content (AvgIpc) is 2.88. The van der Waals surface area contributed by atoms with Gasteiger partial charge in [-0.3, -0.25) is 9.89 Å². The number of H-pyrrole nitrogens is 1. The molecule has 3 rings (SSSR count). The van der Waals surface area contributed by atoms with Gasteiger partial charge in [0, 0.05) is 25.9 Å². The number of carbonyl (C=O) groups excluding carboxylic acids is 2. The summed E-state index contributed by atoms with van der Waals surface area (Å²) < 4.78 is 11.0. The van der Waals surface area contributed by atoms with E-state index in [-0.39, 0.29) is 11.9 Å². The van der Waals surface area contributed by atoms with Crippen molar-refractivity contribution in [2.75, 3.05) is 19.7 Å². The summed E-state index contributed by atoms with van der Waals surface area (Å²) in [4.78, 5) is 25.4. The molecule has 2 aliphatic rings. The van der Waals surface area contributed by atoms with Gasteiger partial charge in [0.05, 0.1) is 19.2 Å². The van der Waals surface area contributed by atoms with Gasteiger partial charge < -0.3 is 14.4 Å². The van der Waals surface area contributed by atoms with Crippen LogP contribution in [0.4, 0.5) is 4.79 Å². The van der Waals surface area contributed by atoms with Crippen molar-refractivity contribution in [1.82, 2.24) is 15.1 Å². The van der Waals surface area contributed by atoms with E-state index in [0.29, 0.717) is 50.4 Å². The summed E-state index contributed by atoms with van der Waals surface area (Å²) in [6.45, 7) is 3.24. The fourth-order valence-electron chi connectivity index (χ4n) is 2.79. The molecule has 1 amide bonds. The van der Waals surface area contributed by atoms with Crippen LogP contribution in [0.1, 0.15) is 36.7 Å². The zero-order valence-electron chi connectivity index (χ0n) is 11.3. The van der Waals surface area contributed by atoms with E-state index in [9.17, 15) is 9.59 Å². The van der Waals surface area contributed by atoms with E-state index in [1.54, 1.807) is 11.8 Å². The van der Waals surface area contributed by atoms with Crippen molar-refractivity contribution >= 4 is 11.9 Å². The zero-order valence-corrected chi connectivity index (χ0v) is 11.3. The molecule has 0 unspecified atom stereocenters. The number of piperidine rings is 1. The molecular formula is C13H17N3O4. The summed E-state index contributed by atoms with van der Waals surface area (Å²) >= 11 is 0. The molecule has 0 saturated carbocycles. The lowest BCUT2D eigenvalue weighted by molar-refractivity contribution is -0.00869. The third-order valence-corrected chi connectivity index (χ3v) is 3.89. The topological polar surface area (TPSA) is 84.5 Å². The molecule has 3 heterocycles. The van der Waals surface area contributed by atoms with Gasteiger partial charge in [-0.25, -0.2) is 4.79 Å². The smallest absolute Gasteiger partial charge is 0.409 e. The molecule has 1 N–H and O–H groups in total. The number of nitrogens with zero attached hydrogens (tertiary/aromatic N) is 2. The lowest BCUT2D eigenvalue weighted by Gasteiger charge is -2.42. The molecule has 108 valence electrons. The highest BCUT2D eigenvalue weighted by atomic mass is 16.6. The Morgan fingerprint density at radius 3 is 3.00 bits per heavy atom. The van der Waals surface area contributed by atoms with Gasteiger partial charge >= 0.3 is 6.09 Å². The van der Waals surface area contributed by atoms with Crippen molar-refractivity contribution < 1.29 is 19.1 Å². The predicted molar refractivity (Wildman–Crippen MR) is 68.7 cm³/mol. The molecule has 7 heteroatoms. The Morgan fingerprint density at radius 2 is 2.30 bits per heavy atom. The Hall–Kier alpha value is -2.05. The number of ketones is 1. The molecule has 0 radical (unpaired) electrons. The Kier molecular flexibility index (Phi) is 3.11. The van der Waals surface area contributed by atoms with Crippen LogP contribution in [0.2, 0.25) is 0 Å². The number of rotatable bonds is 1. The zero-order chi connectivity index (χ0) is 14.2. The Labute approximate surface area is 116 Å². The van der Waals surface area contributed by atoms with Crippen LogP contribution in [0.25, 0.3) is 0 Å². The van der Waals surface area contributed by atoms with Gasteiger partial charge in [-0.15, -0.1) is 0 Å². The fraction of sp³-hybridized carbons (Fsp3) is 0.615. The summed E-state index contributed by atoms with van der Waals surface area (Å²) in [5.74, 6) is 0.541. The normalized spacial score (nSPS) is 20.4. The van der Waals surface area contributed by atoms with Crippen LogP contribution >= 0.6 is 0 Å². The molecule has 1 aromatic heterocycles. The molecule has 0 aromatic carbocycles. The lowest BCUT2D eigenvalue weighted by Crippen LogP contribution is -2.52. The van der Waals surface area contributed by atoms with Gasteiger partial charge in [0.15, 0.2) is 11.5 Å². The number of hydrogen-bond acceptors (Lipinski definition) is 5. The number of nitrogens with one attached hydrogen (secondary N) is 1. The van der Waals surface area contributed by atoms with Gasteiger partial charge in [-0.2, -0.15) is 5.10 Å². The highest BCUT2D eigenvalue weighted by Gasteiger charge is 2.44. The average molecular weight is 279 g/mol. The van der Waals surface area contributed by atoms with Crippen molar-refractivity contribution in [2.24, 2.45) is 0 Å². The van der Waals surface area contributed by atoms with Gasteiger partial charge in [0.2, 0.25) is 0 Å². The molecule has 20 heavy (non-hydrogen) atoms. The maximum Gasteiger partial charge on any atom is 0.409 e. The molecule has 2 aliphatic heterocycles. The molecule has 0 aliphatic carbocycles. The van der Waals surface area contributed by atoms with Gasteiger partial charge in [0.1, 0.15) is 11.3 Å². The molecular weight excluding hydrogens is 262 g/mol. The van der Waals surface area contributed by atoms with Crippen molar-refractivity contribution in [1.29, 1.82) is 0 Å². The molecule has 1 spiro atoms. The van der Waals surface area contributed by atoms with Gasteiger partial charge in [0.25, 0.3) is 0 Å². The number of fused-ring (bicyclic) bond motifs is 1. The number of aromatic amines is 1. The predicted octanol–water partition coefficient (Wildman–Crippen LogP) is 1.37. The number of aromatic nitrogens is 2. The monoisotopic (exact) mass is 279 g/mol. The number of likely N-dealkylation sites (tertiary alicyclic amines) is 1. The third kappa shape index (κ3) is 2.13. The quantitative estimate of drug-likeness (QED) is 0.839. The molecule has 1 aromatic rings. The van der Waals surface area contributed by atoms with Crippen LogP contribution in [0.3, 0.4) is 0 Å². The third-order valence-electron chi connectivity index (χ3n) is 3.89. The van der Waals surface area contributed by atoms with E-state index in [4.69, 9.17) is 9.47 Å². The first kappa shape index (κ1) is 13.0. The lowest BCUT2D eigenvalue weighted by atomic mass is 9.84. The summed E-state index contributed by atoms with van der Waals surface area (Å²) in [5, 5.41) is 6.51. The van der Waals surface area contributed by atoms with Gasteiger partial charge in [-0.1, -0.05) is 0 Å². The minimum Gasteiger partial charge on any atom is -0.483 e. The summed E-state index contributed by atoms with van der Waals surface area (Å²) in [7, 11) is 0. The second-order valence-electron chi connectivity index (χ2n) is 5.18. The first-order valence-electron chi connectivity index (χ1n) is 6.81. The van der Waals surface area contributed by atoms with Crippen LogP contribution in [0, 0.1) is 0 Å². The van der Waals surface area contributed by atoms with Crippen LogP contribution in [0.5, 0.6) is 5.75 Å². The second kappa shape index (κ2) is 4.81. The summed E-state index contributed by atoms with van der Waals surface area (Å²) in [6, 6.07) is 0. The van der Waals surface area contributed by atoms with E-state index >= 15 is 0 Å². The number of amides is 1. The Balaban J connectivity index is 1.69. The van der Waals surface area contributed by atoms with E-state index in [1.165, 1.54) is 6.20 Å². The molecule has 1 fully saturated rings. The maximum absolute atomic E-state index is 12.1. The van der Waals surface area contributed by atoms with Crippen LogP contribution in [-0.2, 0) is 4.74 Å². The fourth-order valence-corrected chi connectivity index (χ4v) is 2.79. The van der Waals surface area contributed by atoms with E-state index in [1.807, 2.05) is 0 Å². The number of ether oxygens (including phenoxy) is 2. The van der Waals surface area contributed by atoms with E-state index in [0.717, 1.165) is 0 Å². The molecule has 0 bridgehead atoms. The first-order chi connectivity index (χ1) is 9.63. The highest BCUT2D eigenvalue weighted by Crippen LogP contribution is 2.38. The Bertz CT molecular complexity index is 531. The summed E-state index contributed by atoms with van der Waals surface area (Å²) in [6.07, 6.45) is 2.82. The standard InChI is InChI=1S/C13H17N3O4/c1-2-19-12(18)16-5-3-13(4-6-16)7-9(17)11-10(20-13)8-14-15-11/h8H,2-7H2,1H3,(H,14,15). The first-order valence-corrected chi connectivity index (χ1v) is 6.81. The SMILES string of the molecule is CCOC(=O)N1CCC2(CC1)CC(=O)c1[nH]ncc1O2. The largest absolute Gasteiger partial charge is 0.483 e. The van der Waals surface area contributed by atoms with Gasteiger partial charge in [-0.05, 0) is 6.92 Å². The minimum atomic E-state index is -0.503. The summed E-state index contributed by atoms with van der Waals surface area (Å²) in [5.41, 5.74) is -0.0554. The van der Waals surface area contributed by atoms with Crippen LogP contribution in [-0.4, -0.2) is 52.3 Å². The van der Waals surface area contributed by atoms with Crippen LogP contribution in [0.15, 0.2) is 6.20 Å². The number of Topliss-reactive ketones (excluding diaryl/α,β-unsaturated/α-hetero) is 1. The van der Waals surface area contributed by atoms with Crippen LogP contribution < -0.4 is 4.74 Å². The number of carbonyl (C=O) groups is 2. The molecule has 0 atom stereocenters.